The number of ether oxygens (including phenoxy) is 1. The van der Waals surface area contributed by atoms with Gasteiger partial charge in [0.05, 0.1) is 23.8 Å². The first-order chi connectivity index (χ1) is 12.3. The van der Waals surface area contributed by atoms with Crippen LogP contribution in [-0.2, 0) is 11.3 Å². The Morgan fingerprint density at radius 3 is 2.88 bits per heavy atom. The molecular weight excluding hydrogens is 310 g/mol. The molecule has 2 heterocycles. The van der Waals surface area contributed by atoms with E-state index in [9.17, 15) is 0 Å². The molecule has 1 saturated carbocycles. The van der Waals surface area contributed by atoms with Gasteiger partial charge in [0, 0.05) is 25.7 Å². The van der Waals surface area contributed by atoms with Crippen molar-refractivity contribution in [3.63, 3.8) is 0 Å². The number of rotatable bonds is 3. The van der Waals surface area contributed by atoms with Gasteiger partial charge in [0.2, 0.25) is 0 Å². The lowest BCUT2D eigenvalue weighted by Gasteiger charge is -2.52. The van der Waals surface area contributed by atoms with Crippen LogP contribution in [0.1, 0.15) is 49.7 Å². The number of hydrogen-bond acceptors (Lipinski definition) is 4. The lowest BCUT2D eigenvalue weighted by molar-refractivity contribution is -0.165. The second-order valence-corrected chi connectivity index (χ2v) is 7.94. The maximum absolute atomic E-state index is 9.13. The van der Waals surface area contributed by atoms with Crippen LogP contribution >= 0.6 is 0 Å². The van der Waals surface area contributed by atoms with Crippen molar-refractivity contribution in [1.82, 2.24) is 9.80 Å². The Kier molecular flexibility index (Phi) is 5.08. The van der Waals surface area contributed by atoms with Gasteiger partial charge in [0.25, 0.3) is 0 Å². The topological polar surface area (TPSA) is 39.5 Å². The summed E-state index contributed by atoms with van der Waals surface area (Å²) in [4.78, 5) is 5.26. The lowest BCUT2D eigenvalue weighted by atomic mass is 9.78. The lowest BCUT2D eigenvalue weighted by Crippen LogP contribution is -2.63. The predicted octanol–water partition coefficient (Wildman–Crippen LogP) is 3.17. The minimum Gasteiger partial charge on any atom is -0.371 e. The Morgan fingerprint density at radius 2 is 2.04 bits per heavy atom. The summed E-state index contributed by atoms with van der Waals surface area (Å²) in [5, 5.41) is 9.13. The molecule has 1 aromatic rings. The minimum atomic E-state index is 0.0215. The van der Waals surface area contributed by atoms with E-state index in [4.69, 9.17) is 10.00 Å². The zero-order valence-corrected chi connectivity index (χ0v) is 15.1. The van der Waals surface area contributed by atoms with E-state index in [1.54, 1.807) is 0 Å². The van der Waals surface area contributed by atoms with Crippen LogP contribution in [0.4, 0.5) is 0 Å². The fourth-order valence-electron chi connectivity index (χ4n) is 5.13. The molecule has 134 valence electrons. The third kappa shape index (κ3) is 3.60. The molecule has 2 saturated heterocycles. The van der Waals surface area contributed by atoms with Crippen LogP contribution in [0.3, 0.4) is 0 Å². The van der Waals surface area contributed by atoms with Crippen LogP contribution in [-0.4, -0.2) is 54.2 Å². The average molecular weight is 339 g/mol. The van der Waals surface area contributed by atoms with E-state index in [1.165, 1.54) is 57.2 Å². The van der Waals surface area contributed by atoms with Crippen LogP contribution in [0.25, 0.3) is 0 Å². The quantitative estimate of drug-likeness (QED) is 0.848. The molecule has 3 fully saturated rings. The molecule has 1 aromatic carbocycles. The van der Waals surface area contributed by atoms with Crippen molar-refractivity contribution in [2.24, 2.45) is 0 Å². The van der Waals surface area contributed by atoms with Gasteiger partial charge in [0.15, 0.2) is 0 Å². The fourth-order valence-corrected chi connectivity index (χ4v) is 5.13. The summed E-state index contributed by atoms with van der Waals surface area (Å²) in [6.45, 7) is 6.28. The monoisotopic (exact) mass is 339 g/mol. The highest BCUT2D eigenvalue weighted by Crippen LogP contribution is 2.39. The van der Waals surface area contributed by atoms with Crippen molar-refractivity contribution < 1.29 is 4.74 Å². The number of nitrogens with zero attached hydrogens (tertiary/aromatic N) is 3. The van der Waals surface area contributed by atoms with Gasteiger partial charge in [-0.1, -0.05) is 25.0 Å². The first kappa shape index (κ1) is 17.0. The molecule has 0 aromatic heterocycles. The molecule has 0 N–H and O–H groups in total. The summed E-state index contributed by atoms with van der Waals surface area (Å²) in [5.74, 6) is 0. The average Bonchev–Trinajstić information content (AvgIpc) is 3.17. The van der Waals surface area contributed by atoms with E-state index in [-0.39, 0.29) is 5.60 Å². The Bertz CT molecular complexity index is 630. The molecule has 0 amide bonds. The zero-order valence-electron chi connectivity index (χ0n) is 15.1. The van der Waals surface area contributed by atoms with E-state index >= 15 is 0 Å². The molecule has 2 atom stereocenters. The number of hydrogen-bond donors (Lipinski definition) is 0. The largest absolute Gasteiger partial charge is 0.371 e. The van der Waals surface area contributed by atoms with E-state index in [2.05, 4.69) is 21.9 Å². The summed E-state index contributed by atoms with van der Waals surface area (Å²) in [6.07, 6.45) is 7.81. The first-order valence-electron chi connectivity index (χ1n) is 9.88. The molecule has 1 aliphatic carbocycles. The highest BCUT2D eigenvalue weighted by molar-refractivity contribution is 5.32. The molecule has 4 nitrogen and oxygen atoms in total. The van der Waals surface area contributed by atoms with Gasteiger partial charge in [-0.15, -0.1) is 0 Å². The summed E-state index contributed by atoms with van der Waals surface area (Å²) in [7, 11) is 0. The Balaban J connectivity index is 1.49. The van der Waals surface area contributed by atoms with Gasteiger partial charge in [-0.25, -0.2) is 0 Å². The number of morpholine rings is 1. The van der Waals surface area contributed by atoms with Crippen molar-refractivity contribution in [2.45, 2.75) is 56.7 Å². The smallest absolute Gasteiger partial charge is 0.0991 e. The molecule has 0 radical (unpaired) electrons. The van der Waals surface area contributed by atoms with Gasteiger partial charge >= 0.3 is 0 Å². The summed E-state index contributed by atoms with van der Waals surface area (Å²) in [5.41, 5.74) is 2.02. The molecule has 1 spiro atoms. The number of nitriles is 1. The molecular formula is C21H29N3O. The molecule has 2 aliphatic heterocycles. The normalized spacial score (nSPS) is 31.2. The van der Waals surface area contributed by atoms with E-state index in [0.717, 1.165) is 31.8 Å². The standard InChI is InChI=1S/C21H29N3O/c22-15-18-6-5-7-19(14-18)16-23-12-13-25-21(17-23)9-2-1-8-20(21)24-10-3-4-11-24/h5-7,14,20H,1-4,8-13,16-17H2/t20-,21-/m1/s1. The molecule has 25 heavy (non-hydrogen) atoms. The second-order valence-electron chi connectivity index (χ2n) is 7.94. The first-order valence-corrected chi connectivity index (χ1v) is 9.88. The SMILES string of the molecule is N#Cc1cccc(CN2CCO[C@]3(CCCC[C@H]3N3CCCC3)C2)c1. The van der Waals surface area contributed by atoms with Crippen molar-refractivity contribution in [3.8, 4) is 6.07 Å². The van der Waals surface area contributed by atoms with E-state index in [1.807, 2.05) is 18.2 Å². The molecule has 4 rings (SSSR count). The summed E-state index contributed by atoms with van der Waals surface area (Å²) < 4.78 is 6.51. The third-order valence-electron chi connectivity index (χ3n) is 6.27. The summed E-state index contributed by atoms with van der Waals surface area (Å²) in [6, 6.07) is 10.9. The Labute approximate surface area is 151 Å². The number of likely N-dealkylation sites (tertiary alicyclic amines) is 1. The Hall–Kier alpha value is -1.41. The van der Waals surface area contributed by atoms with Gasteiger partial charge in [0.1, 0.15) is 0 Å². The fraction of sp³-hybridized carbons (Fsp3) is 0.667. The van der Waals surface area contributed by atoms with Crippen molar-refractivity contribution in [3.05, 3.63) is 35.4 Å². The van der Waals surface area contributed by atoms with Crippen molar-refractivity contribution in [1.29, 1.82) is 5.26 Å². The van der Waals surface area contributed by atoms with Crippen LogP contribution in [0.2, 0.25) is 0 Å². The highest BCUT2D eigenvalue weighted by Gasteiger charge is 2.47. The van der Waals surface area contributed by atoms with E-state index < -0.39 is 0 Å². The Morgan fingerprint density at radius 1 is 1.16 bits per heavy atom. The third-order valence-corrected chi connectivity index (χ3v) is 6.27. The second kappa shape index (κ2) is 7.45. The maximum atomic E-state index is 9.13. The van der Waals surface area contributed by atoms with Crippen LogP contribution in [0.15, 0.2) is 24.3 Å². The van der Waals surface area contributed by atoms with Gasteiger partial charge < -0.3 is 4.74 Å². The molecule has 4 heteroatoms. The highest BCUT2D eigenvalue weighted by atomic mass is 16.5. The predicted molar refractivity (Wildman–Crippen MR) is 98.2 cm³/mol. The van der Waals surface area contributed by atoms with Crippen LogP contribution < -0.4 is 0 Å². The maximum Gasteiger partial charge on any atom is 0.0991 e. The van der Waals surface area contributed by atoms with Gasteiger partial charge in [-0.05, 0) is 56.5 Å². The van der Waals surface area contributed by atoms with Crippen molar-refractivity contribution in [2.75, 3.05) is 32.8 Å². The minimum absolute atomic E-state index is 0.0215. The van der Waals surface area contributed by atoms with Gasteiger partial charge in [-0.3, -0.25) is 9.80 Å². The van der Waals surface area contributed by atoms with Crippen LogP contribution in [0.5, 0.6) is 0 Å². The van der Waals surface area contributed by atoms with Crippen LogP contribution in [0, 0.1) is 11.3 Å². The molecule has 0 unspecified atom stereocenters. The molecule has 3 aliphatic rings. The van der Waals surface area contributed by atoms with Crippen molar-refractivity contribution >= 4 is 0 Å². The molecule has 0 bridgehead atoms. The summed E-state index contributed by atoms with van der Waals surface area (Å²) >= 11 is 0. The van der Waals surface area contributed by atoms with E-state index in [0.29, 0.717) is 6.04 Å². The zero-order chi connectivity index (χ0) is 17.1. The number of benzene rings is 1. The van der Waals surface area contributed by atoms with Gasteiger partial charge in [-0.2, -0.15) is 5.26 Å².